The van der Waals surface area contributed by atoms with Gasteiger partial charge in [-0.3, -0.25) is 0 Å². The molecule has 13 heavy (non-hydrogen) atoms. The number of hydrogen-bond acceptors (Lipinski definition) is 4. The molecule has 4 nitrogen and oxygen atoms in total. The van der Waals surface area contributed by atoms with Crippen LogP contribution in [0.2, 0.25) is 5.15 Å². The van der Waals surface area contributed by atoms with Crippen molar-refractivity contribution in [1.82, 2.24) is 9.97 Å². The second-order valence-electron chi connectivity index (χ2n) is 2.30. The van der Waals surface area contributed by atoms with E-state index < -0.39 is 5.97 Å². The van der Waals surface area contributed by atoms with Crippen LogP contribution in [0.3, 0.4) is 0 Å². The summed E-state index contributed by atoms with van der Waals surface area (Å²) in [7, 11) is 0. The normalized spacial score (nSPS) is 10.5. The summed E-state index contributed by atoms with van der Waals surface area (Å²) >= 11 is 6.71. The topological polar surface area (TPSA) is 63.1 Å². The Kier molecular flexibility index (Phi) is 1.90. The fourth-order valence-corrected chi connectivity index (χ4v) is 1.94. The van der Waals surface area contributed by atoms with Gasteiger partial charge in [-0.1, -0.05) is 11.6 Å². The Hall–Kier alpha value is -1.20. The minimum atomic E-state index is -1.03. The quantitative estimate of drug-likeness (QED) is 0.738. The third kappa shape index (κ3) is 1.48. The fourth-order valence-electron chi connectivity index (χ4n) is 0.899. The number of carboxylic acids is 1. The van der Waals surface area contributed by atoms with E-state index >= 15 is 0 Å². The summed E-state index contributed by atoms with van der Waals surface area (Å²) in [5.41, 5.74) is 0.562. The first-order valence-electron chi connectivity index (χ1n) is 3.32. The predicted octanol–water partition coefficient (Wildman–Crippen LogP) is 2.04. The van der Waals surface area contributed by atoms with Gasteiger partial charge >= 0.3 is 5.97 Å². The van der Waals surface area contributed by atoms with E-state index in [4.69, 9.17) is 16.7 Å². The zero-order valence-electron chi connectivity index (χ0n) is 6.19. The molecule has 0 unspecified atom stereocenters. The molecule has 2 rings (SSSR count). The number of aromatic carboxylic acids is 1. The molecule has 0 saturated heterocycles. The largest absolute Gasteiger partial charge is 0.476 e. The third-order valence-corrected chi connectivity index (χ3v) is 2.64. The maximum atomic E-state index is 10.6. The Balaban J connectivity index is 2.68. The molecule has 0 saturated carbocycles. The summed E-state index contributed by atoms with van der Waals surface area (Å²) in [4.78, 5) is 18.2. The maximum absolute atomic E-state index is 10.6. The molecule has 0 amide bonds. The molecule has 0 aliphatic heterocycles. The zero-order chi connectivity index (χ0) is 9.42. The molecule has 6 heteroatoms. The molecule has 2 heterocycles. The Labute approximate surface area is 81.8 Å². The Morgan fingerprint density at radius 3 is 3.08 bits per heavy atom. The number of fused-ring (bicyclic) bond motifs is 1. The fraction of sp³-hybridized carbons (Fsp3) is 0. The highest BCUT2D eigenvalue weighted by Crippen LogP contribution is 2.23. The van der Waals surface area contributed by atoms with E-state index in [1.54, 1.807) is 6.07 Å². The van der Waals surface area contributed by atoms with Gasteiger partial charge < -0.3 is 5.11 Å². The molecule has 2 aromatic rings. The summed E-state index contributed by atoms with van der Waals surface area (Å²) in [6.45, 7) is 0. The molecule has 0 radical (unpaired) electrons. The van der Waals surface area contributed by atoms with Crippen LogP contribution in [0.25, 0.3) is 10.2 Å². The van der Waals surface area contributed by atoms with E-state index in [0.29, 0.717) is 10.7 Å². The van der Waals surface area contributed by atoms with Gasteiger partial charge in [0.25, 0.3) is 0 Å². The maximum Gasteiger partial charge on any atom is 0.365 e. The zero-order valence-corrected chi connectivity index (χ0v) is 7.76. The molecule has 0 aromatic carbocycles. The molecular formula is C7H3ClN2O2S. The number of hydrogen-bond donors (Lipinski definition) is 1. The van der Waals surface area contributed by atoms with Gasteiger partial charge in [-0.2, -0.15) is 0 Å². The summed E-state index contributed by atoms with van der Waals surface area (Å²) in [6.07, 6.45) is 1.46. The van der Waals surface area contributed by atoms with Crippen LogP contribution in [-0.4, -0.2) is 21.0 Å². The molecule has 0 atom stereocenters. The van der Waals surface area contributed by atoms with Crippen LogP contribution in [0.15, 0.2) is 12.3 Å². The van der Waals surface area contributed by atoms with Gasteiger partial charge in [-0.05, 0) is 6.07 Å². The molecule has 0 bridgehead atoms. The van der Waals surface area contributed by atoms with E-state index in [0.717, 1.165) is 16.0 Å². The predicted molar refractivity (Wildman–Crippen MR) is 49.4 cm³/mol. The number of carboxylic acid groups (broad SMARTS) is 1. The van der Waals surface area contributed by atoms with Gasteiger partial charge in [0.15, 0.2) is 0 Å². The van der Waals surface area contributed by atoms with Crippen LogP contribution in [-0.2, 0) is 0 Å². The van der Waals surface area contributed by atoms with Gasteiger partial charge in [-0.15, -0.1) is 11.3 Å². The first kappa shape index (κ1) is 8.40. The highest BCUT2D eigenvalue weighted by molar-refractivity contribution is 7.20. The van der Waals surface area contributed by atoms with Gasteiger partial charge in [0.05, 0.1) is 10.9 Å². The van der Waals surface area contributed by atoms with Gasteiger partial charge in [-0.25, -0.2) is 14.8 Å². The van der Waals surface area contributed by atoms with E-state index in [9.17, 15) is 4.79 Å². The summed E-state index contributed by atoms with van der Waals surface area (Å²) in [5, 5.41) is 9.05. The van der Waals surface area contributed by atoms with Crippen LogP contribution in [0, 0.1) is 0 Å². The number of nitrogens with zero attached hydrogens (tertiary/aromatic N) is 2. The van der Waals surface area contributed by atoms with Crippen molar-refractivity contribution in [2.75, 3.05) is 0 Å². The number of carbonyl (C=O) groups is 1. The van der Waals surface area contributed by atoms with Crippen molar-refractivity contribution < 1.29 is 9.90 Å². The van der Waals surface area contributed by atoms with E-state index in [-0.39, 0.29) is 5.01 Å². The lowest BCUT2D eigenvalue weighted by atomic mass is 10.4. The van der Waals surface area contributed by atoms with E-state index in [1.165, 1.54) is 6.20 Å². The van der Waals surface area contributed by atoms with Gasteiger partial charge in [0, 0.05) is 0 Å². The number of pyridine rings is 1. The molecule has 0 spiro atoms. The van der Waals surface area contributed by atoms with Crippen LogP contribution in [0.5, 0.6) is 0 Å². The van der Waals surface area contributed by atoms with Crippen molar-refractivity contribution in [3.63, 3.8) is 0 Å². The molecular weight excluding hydrogens is 212 g/mol. The van der Waals surface area contributed by atoms with Crippen molar-refractivity contribution in [3.05, 3.63) is 22.4 Å². The second-order valence-corrected chi connectivity index (χ2v) is 3.72. The SMILES string of the molecule is O=C(O)c1nc2cnc(Cl)cc2s1. The number of rotatable bonds is 1. The summed E-state index contributed by atoms with van der Waals surface area (Å²) in [6, 6.07) is 1.60. The Morgan fingerprint density at radius 1 is 1.62 bits per heavy atom. The first-order chi connectivity index (χ1) is 6.16. The number of halogens is 1. The van der Waals surface area contributed by atoms with Gasteiger partial charge in [0.2, 0.25) is 5.01 Å². The van der Waals surface area contributed by atoms with E-state index in [2.05, 4.69) is 9.97 Å². The van der Waals surface area contributed by atoms with Crippen molar-refractivity contribution in [3.8, 4) is 0 Å². The van der Waals surface area contributed by atoms with Crippen LogP contribution in [0.1, 0.15) is 9.80 Å². The monoisotopic (exact) mass is 214 g/mol. The van der Waals surface area contributed by atoms with Gasteiger partial charge in [0.1, 0.15) is 10.7 Å². The third-order valence-electron chi connectivity index (χ3n) is 1.42. The molecule has 2 aromatic heterocycles. The first-order valence-corrected chi connectivity index (χ1v) is 4.51. The second kappa shape index (κ2) is 2.93. The van der Waals surface area contributed by atoms with Crippen molar-refractivity contribution in [1.29, 1.82) is 0 Å². The molecule has 0 fully saturated rings. The van der Waals surface area contributed by atoms with Crippen molar-refractivity contribution in [2.45, 2.75) is 0 Å². The minimum absolute atomic E-state index is 0.0547. The molecule has 1 N–H and O–H groups in total. The highest BCUT2D eigenvalue weighted by Gasteiger charge is 2.10. The smallest absolute Gasteiger partial charge is 0.365 e. The van der Waals surface area contributed by atoms with E-state index in [1.807, 2.05) is 0 Å². The lowest BCUT2D eigenvalue weighted by Crippen LogP contribution is -1.93. The van der Waals surface area contributed by atoms with Crippen LogP contribution >= 0.6 is 22.9 Å². The minimum Gasteiger partial charge on any atom is -0.476 e. The van der Waals surface area contributed by atoms with Crippen molar-refractivity contribution in [2.24, 2.45) is 0 Å². The molecule has 0 aliphatic carbocycles. The van der Waals surface area contributed by atoms with Crippen LogP contribution in [0.4, 0.5) is 0 Å². The molecule has 66 valence electrons. The average molecular weight is 215 g/mol. The van der Waals surface area contributed by atoms with Crippen LogP contribution < -0.4 is 0 Å². The van der Waals surface area contributed by atoms with Crippen molar-refractivity contribution >= 4 is 39.1 Å². The summed E-state index contributed by atoms with van der Waals surface area (Å²) in [5.74, 6) is -1.03. The number of aromatic nitrogens is 2. The summed E-state index contributed by atoms with van der Waals surface area (Å²) < 4.78 is 0.734. The highest BCUT2D eigenvalue weighted by atomic mass is 35.5. The standard InChI is InChI=1S/C7H3ClN2O2S/c8-5-1-4-3(2-9-5)10-6(13-4)7(11)12/h1-2H,(H,11,12). The average Bonchev–Trinajstić information content (AvgIpc) is 2.46. The number of thiazole rings is 1. The lowest BCUT2D eigenvalue weighted by molar-refractivity contribution is 0.0696. The lowest BCUT2D eigenvalue weighted by Gasteiger charge is -1.85. The Bertz CT molecular complexity index is 482. The molecule has 0 aliphatic rings. The Morgan fingerprint density at radius 2 is 2.38 bits per heavy atom.